The highest BCUT2D eigenvalue weighted by Gasteiger charge is 2.35. The number of nitrogens with zero attached hydrogens (tertiary/aromatic N) is 1. The van der Waals surface area contributed by atoms with Gasteiger partial charge in [-0.3, -0.25) is 4.90 Å². The molecule has 3 heteroatoms. The van der Waals surface area contributed by atoms with Gasteiger partial charge in [-0.2, -0.15) is 0 Å². The molecule has 0 amide bonds. The second-order valence-electron chi connectivity index (χ2n) is 6.80. The van der Waals surface area contributed by atoms with Crippen LogP contribution < -0.4 is 0 Å². The van der Waals surface area contributed by atoms with E-state index in [2.05, 4.69) is 35.2 Å². The van der Waals surface area contributed by atoms with Crippen molar-refractivity contribution in [1.82, 2.24) is 4.90 Å². The van der Waals surface area contributed by atoms with E-state index in [1.165, 1.54) is 30.2 Å². The smallest absolute Gasteiger partial charge is 0.133 e. The van der Waals surface area contributed by atoms with Crippen molar-refractivity contribution >= 4 is 5.57 Å². The first-order valence-electron chi connectivity index (χ1n) is 8.67. The van der Waals surface area contributed by atoms with Crippen molar-refractivity contribution in [3.05, 3.63) is 77.4 Å². The molecule has 0 aromatic heterocycles. The van der Waals surface area contributed by atoms with Crippen LogP contribution in [0.4, 0.5) is 8.78 Å². The molecule has 24 heavy (non-hydrogen) atoms. The van der Waals surface area contributed by atoms with Crippen LogP contribution in [0.5, 0.6) is 0 Å². The molecule has 2 aromatic carbocycles. The number of rotatable bonds is 3. The first-order chi connectivity index (χ1) is 11.7. The lowest BCUT2D eigenvalue weighted by Crippen LogP contribution is -2.47. The molecule has 0 N–H and O–H groups in total. The molecular weight excluding hydrogens is 304 g/mol. The van der Waals surface area contributed by atoms with Crippen molar-refractivity contribution in [3.8, 4) is 0 Å². The van der Waals surface area contributed by atoms with Crippen molar-refractivity contribution < 1.29 is 8.78 Å². The summed E-state index contributed by atoms with van der Waals surface area (Å²) in [5, 5.41) is 0. The zero-order valence-corrected chi connectivity index (χ0v) is 13.6. The number of hydrogen-bond donors (Lipinski definition) is 0. The molecule has 2 aliphatic rings. The van der Waals surface area contributed by atoms with Gasteiger partial charge in [0.25, 0.3) is 0 Å². The molecule has 1 nitrogen and oxygen atoms in total. The van der Waals surface area contributed by atoms with E-state index in [1.807, 2.05) is 6.07 Å². The van der Waals surface area contributed by atoms with Crippen molar-refractivity contribution in [2.45, 2.75) is 44.3 Å². The van der Waals surface area contributed by atoms with E-state index in [0.29, 0.717) is 6.04 Å². The summed E-state index contributed by atoms with van der Waals surface area (Å²) >= 11 is 0. The van der Waals surface area contributed by atoms with Gasteiger partial charge < -0.3 is 0 Å². The molecule has 1 saturated heterocycles. The SMILES string of the molecule is Fc1cccc(F)c1C1=CC2CCCC(C1)N2Cc1ccccc1. The summed E-state index contributed by atoms with van der Waals surface area (Å²) in [6.45, 7) is 0.902. The van der Waals surface area contributed by atoms with Crippen LogP contribution in [0.2, 0.25) is 0 Å². The van der Waals surface area contributed by atoms with E-state index < -0.39 is 11.6 Å². The first-order valence-corrected chi connectivity index (χ1v) is 8.67. The van der Waals surface area contributed by atoms with Gasteiger partial charge in [0, 0.05) is 24.2 Å². The molecule has 1 fully saturated rings. The Morgan fingerprint density at radius 2 is 1.67 bits per heavy atom. The zero-order chi connectivity index (χ0) is 16.5. The minimum Gasteiger partial charge on any atom is -0.289 e. The van der Waals surface area contributed by atoms with Crippen molar-refractivity contribution in [2.24, 2.45) is 0 Å². The number of halogens is 2. The molecule has 124 valence electrons. The minimum atomic E-state index is -0.448. The Morgan fingerprint density at radius 1 is 0.917 bits per heavy atom. The number of benzene rings is 2. The molecule has 2 aliphatic heterocycles. The Labute approximate surface area is 141 Å². The molecular formula is C21H21F2N. The van der Waals surface area contributed by atoms with Crippen LogP contribution in [-0.4, -0.2) is 17.0 Å². The molecule has 0 saturated carbocycles. The summed E-state index contributed by atoms with van der Waals surface area (Å²) in [6.07, 6.45) is 6.16. The third kappa shape index (κ3) is 2.89. The lowest BCUT2D eigenvalue weighted by molar-refractivity contribution is 0.0950. The van der Waals surface area contributed by atoms with Crippen LogP contribution in [0.15, 0.2) is 54.6 Å². The van der Waals surface area contributed by atoms with Gasteiger partial charge in [0.15, 0.2) is 0 Å². The van der Waals surface area contributed by atoms with Crippen LogP contribution in [-0.2, 0) is 6.54 Å². The average molecular weight is 325 g/mol. The predicted molar refractivity (Wildman–Crippen MR) is 92.4 cm³/mol. The van der Waals surface area contributed by atoms with E-state index in [1.54, 1.807) is 0 Å². The van der Waals surface area contributed by atoms with Gasteiger partial charge in [-0.05, 0) is 42.5 Å². The van der Waals surface area contributed by atoms with Crippen molar-refractivity contribution in [1.29, 1.82) is 0 Å². The fourth-order valence-corrected chi connectivity index (χ4v) is 4.15. The normalized spacial score (nSPS) is 23.8. The van der Waals surface area contributed by atoms with E-state index in [4.69, 9.17) is 0 Å². The molecule has 0 aliphatic carbocycles. The van der Waals surface area contributed by atoms with Crippen LogP contribution in [0.3, 0.4) is 0 Å². The summed E-state index contributed by atoms with van der Waals surface area (Å²) in [5.41, 5.74) is 2.31. The quantitative estimate of drug-likeness (QED) is 0.752. The van der Waals surface area contributed by atoms with Crippen LogP contribution in [0, 0.1) is 11.6 Å². The average Bonchev–Trinajstić information content (AvgIpc) is 2.56. The maximum Gasteiger partial charge on any atom is 0.133 e. The molecule has 0 radical (unpaired) electrons. The first kappa shape index (κ1) is 15.5. The van der Waals surface area contributed by atoms with Gasteiger partial charge in [0.1, 0.15) is 11.6 Å². The van der Waals surface area contributed by atoms with E-state index >= 15 is 0 Å². The Morgan fingerprint density at radius 3 is 2.38 bits per heavy atom. The Kier molecular flexibility index (Phi) is 4.19. The largest absolute Gasteiger partial charge is 0.289 e. The summed E-state index contributed by atoms with van der Waals surface area (Å²) in [6, 6.07) is 15.2. The minimum absolute atomic E-state index is 0.175. The predicted octanol–water partition coefficient (Wildman–Crippen LogP) is 5.18. The third-order valence-electron chi connectivity index (χ3n) is 5.27. The van der Waals surface area contributed by atoms with Gasteiger partial charge in [-0.15, -0.1) is 0 Å². The van der Waals surface area contributed by atoms with Gasteiger partial charge in [0.05, 0.1) is 0 Å². The maximum absolute atomic E-state index is 14.2. The zero-order valence-electron chi connectivity index (χ0n) is 13.6. The molecule has 0 spiro atoms. The monoisotopic (exact) mass is 325 g/mol. The Bertz CT molecular complexity index is 733. The maximum atomic E-state index is 14.2. The van der Waals surface area contributed by atoms with E-state index in [-0.39, 0.29) is 11.6 Å². The number of piperidine rings is 1. The lowest BCUT2D eigenvalue weighted by Gasteiger charge is -2.45. The molecule has 2 atom stereocenters. The Balaban J connectivity index is 1.65. The highest BCUT2D eigenvalue weighted by atomic mass is 19.1. The van der Waals surface area contributed by atoms with Crippen LogP contribution >= 0.6 is 0 Å². The third-order valence-corrected chi connectivity index (χ3v) is 5.27. The Hall–Kier alpha value is -2.00. The summed E-state index contributed by atoms with van der Waals surface area (Å²) < 4.78 is 28.3. The van der Waals surface area contributed by atoms with E-state index in [9.17, 15) is 8.78 Å². The fourth-order valence-electron chi connectivity index (χ4n) is 4.15. The van der Waals surface area contributed by atoms with Gasteiger partial charge in [-0.1, -0.05) is 48.9 Å². The van der Waals surface area contributed by atoms with Crippen LogP contribution in [0.25, 0.3) is 5.57 Å². The standard InChI is InChI=1S/C21H21F2N/c22-19-10-5-11-20(23)21(19)16-12-17-8-4-9-18(13-16)24(17)14-15-6-2-1-3-7-15/h1-3,5-7,10-12,17-18H,4,8-9,13-14H2. The number of hydrogen-bond acceptors (Lipinski definition) is 1. The summed E-state index contributed by atoms with van der Waals surface area (Å²) in [7, 11) is 0. The topological polar surface area (TPSA) is 3.24 Å². The molecule has 2 bridgehead atoms. The van der Waals surface area contributed by atoms with Crippen molar-refractivity contribution in [3.63, 3.8) is 0 Å². The highest BCUT2D eigenvalue weighted by Crippen LogP contribution is 2.39. The lowest BCUT2D eigenvalue weighted by atomic mass is 9.82. The van der Waals surface area contributed by atoms with Gasteiger partial charge in [-0.25, -0.2) is 8.78 Å². The summed E-state index contributed by atoms with van der Waals surface area (Å²) in [5.74, 6) is -0.897. The molecule has 2 heterocycles. The number of fused-ring (bicyclic) bond motifs is 2. The van der Waals surface area contributed by atoms with Gasteiger partial charge >= 0.3 is 0 Å². The molecule has 4 rings (SSSR count). The fraction of sp³-hybridized carbons (Fsp3) is 0.333. The molecule has 2 unspecified atom stereocenters. The second kappa shape index (κ2) is 6.48. The second-order valence-corrected chi connectivity index (χ2v) is 6.80. The van der Waals surface area contributed by atoms with Crippen LogP contribution in [0.1, 0.15) is 36.8 Å². The summed E-state index contributed by atoms with van der Waals surface area (Å²) in [4.78, 5) is 2.50. The van der Waals surface area contributed by atoms with E-state index in [0.717, 1.165) is 31.4 Å². The molecule has 2 aromatic rings. The highest BCUT2D eigenvalue weighted by molar-refractivity contribution is 5.68. The van der Waals surface area contributed by atoms with Gasteiger partial charge in [0.2, 0.25) is 0 Å². The van der Waals surface area contributed by atoms with Crippen molar-refractivity contribution in [2.75, 3.05) is 0 Å².